The Bertz CT molecular complexity index is 784. The van der Waals surface area contributed by atoms with Gasteiger partial charge in [0, 0.05) is 30.7 Å². The van der Waals surface area contributed by atoms with E-state index in [2.05, 4.69) is 47.6 Å². The van der Waals surface area contributed by atoms with Gasteiger partial charge in [-0.3, -0.25) is 9.48 Å². The van der Waals surface area contributed by atoms with Crippen LogP contribution in [0.25, 0.3) is 0 Å². The van der Waals surface area contributed by atoms with Gasteiger partial charge < -0.3 is 9.47 Å². The highest BCUT2D eigenvalue weighted by Gasteiger charge is 2.32. The van der Waals surface area contributed by atoms with Crippen molar-refractivity contribution in [2.45, 2.75) is 65.6 Å². The Balaban J connectivity index is 1.53. The van der Waals surface area contributed by atoms with Gasteiger partial charge in [0.25, 0.3) is 5.91 Å². The largest absolute Gasteiger partial charge is 0.348 e. The summed E-state index contributed by atoms with van der Waals surface area (Å²) in [6.07, 6.45) is 8.74. The molecule has 0 radical (unpaired) electrons. The first-order chi connectivity index (χ1) is 12.0. The van der Waals surface area contributed by atoms with Gasteiger partial charge in [-0.25, -0.2) is 0 Å². The predicted molar refractivity (Wildman–Crippen MR) is 97.7 cm³/mol. The Morgan fingerprint density at radius 1 is 1.20 bits per heavy atom. The maximum Gasteiger partial charge on any atom is 0.255 e. The lowest BCUT2D eigenvalue weighted by Gasteiger charge is -2.25. The van der Waals surface area contributed by atoms with Crippen LogP contribution in [0.5, 0.6) is 0 Å². The third-order valence-corrected chi connectivity index (χ3v) is 5.74. The van der Waals surface area contributed by atoms with Gasteiger partial charge in [0.2, 0.25) is 0 Å². The van der Waals surface area contributed by atoms with Crippen LogP contribution in [0.1, 0.15) is 53.0 Å². The van der Waals surface area contributed by atoms with Crippen LogP contribution in [-0.2, 0) is 13.1 Å². The summed E-state index contributed by atoms with van der Waals surface area (Å²) in [7, 11) is 0. The summed E-state index contributed by atoms with van der Waals surface area (Å²) in [6, 6.07) is 2.34. The van der Waals surface area contributed by atoms with Crippen molar-refractivity contribution in [1.82, 2.24) is 19.2 Å². The van der Waals surface area contributed by atoms with Gasteiger partial charge in [-0.05, 0) is 64.0 Å². The quantitative estimate of drug-likeness (QED) is 0.838. The molecule has 1 unspecified atom stereocenters. The fourth-order valence-corrected chi connectivity index (χ4v) is 4.09. The highest BCUT2D eigenvalue weighted by Crippen LogP contribution is 2.33. The first kappa shape index (κ1) is 16.4. The molecule has 2 aromatic heterocycles. The van der Waals surface area contributed by atoms with Crippen molar-refractivity contribution < 1.29 is 4.79 Å². The Hall–Kier alpha value is -2.04. The van der Waals surface area contributed by atoms with Crippen LogP contribution in [0.15, 0.2) is 18.5 Å². The molecule has 0 bridgehead atoms. The van der Waals surface area contributed by atoms with Crippen LogP contribution in [0, 0.1) is 26.7 Å². The fourth-order valence-electron chi connectivity index (χ4n) is 4.09. The molecule has 1 amide bonds. The van der Waals surface area contributed by atoms with E-state index in [4.69, 9.17) is 0 Å². The minimum absolute atomic E-state index is 0.196. The Morgan fingerprint density at radius 3 is 2.68 bits per heavy atom. The topological polar surface area (TPSA) is 43.1 Å². The van der Waals surface area contributed by atoms with Gasteiger partial charge in [0.15, 0.2) is 0 Å². The highest BCUT2D eigenvalue weighted by atomic mass is 16.2. The number of amides is 1. The van der Waals surface area contributed by atoms with Crippen molar-refractivity contribution in [2.24, 2.45) is 5.92 Å². The van der Waals surface area contributed by atoms with Gasteiger partial charge in [-0.2, -0.15) is 5.10 Å². The van der Waals surface area contributed by atoms with E-state index in [1.807, 2.05) is 10.9 Å². The molecule has 5 nitrogen and oxygen atoms in total. The Kier molecular flexibility index (Phi) is 4.18. The Morgan fingerprint density at radius 2 is 2.00 bits per heavy atom. The lowest BCUT2D eigenvalue weighted by atomic mass is 10.1. The normalized spacial score (nSPS) is 20.4. The number of aromatic nitrogens is 3. The van der Waals surface area contributed by atoms with E-state index in [0.29, 0.717) is 0 Å². The molecule has 2 aromatic rings. The van der Waals surface area contributed by atoms with E-state index >= 15 is 0 Å². The molecule has 134 valence electrons. The summed E-state index contributed by atoms with van der Waals surface area (Å²) in [5, 5.41) is 4.40. The van der Waals surface area contributed by atoms with E-state index in [1.54, 1.807) is 0 Å². The fraction of sp³-hybridized carbons (Fsp3) is 0.600. The van der Waals surface area contributed by atoms with Crippen molar-refractivity contribution in [3.05, 3.63) is 41.0 Å². The first-order valence-corrected chi connectivity index (χ1v) is 9.49. The summed E-state index contributed by atoms with van der Waals surface area (Å²) >= 11 is 0. The second-order valence-corrected chi connectivity index (χ2v) is 7.87. The van der Waals surface area contributed by atoms with E-state index in [-0.39, 0.29) is 11.9 Å². The second kappa shape index (κ2) is 6.36. The van der Waals surface area contributed by atoms with Gasteiger partial charge in [-0.15, -0.1) is 0 Å². The lowest BCUT2D eigenvalue weighted by molar-refractivity contribution is 0.0720. The number of nitrogens with zero attached hydrogens (tertiary/aromatic N) is 4. The molecule has 0 spiro atoms. The van der Waals surface area contributed by atoms with Gasteiger partial charge in [0.1, 0.15) is 0 Å². The zero-order chi connectivity index (χ0) is 17.6. The molecule has 3 heterocycles. The smallest absolute Gasteiger partial charge is 0.255 e. The summed E-state index contributed by atoms with van der Waals surface area (Å²) in [5.41, 5.74) is 4.40. The van der Waals surface area contributed by atoms with Crippen LogP contribution in [0.4, 0.5) is 0 Å². The molecule has 0 N–H and O–H groups in total. The SMILES string of the molecule is Cc1cnn(CC2CCCN2C(=O)c2cc(C)n(CC3CC3)c2C)c1. The molecule has 2 fully saturated rings. The molecule has 1 atom stereocenters. The second-order valence-electron chi connectivity index (χ2n) is 7.87. The third-order valence-electron chi connectivity index (χ3n) is 5.74. The lowest BCUT2D eigenvalue weighted by Crippen LogP contribution is -2.38. The molecule has 4 rings (SSSR count). The zero-order valence-corrected chi connectivity index (χ0v) is 15.5. The van der Waals surface area contributed by atoms with Crippen LogP contribution in [0.3, 0.4) is 0 Å². The number of likely N-dealkylation sites (tertiary alicyclic amines) is 1. The molecule has 25 heavy (non-hydrogen) atoms. The van der Waals surface area contributed by atoms with E-state index in [9.17, 15) is 4.79 Å². The molecular formula is C20H28N4O. The predicted octanol–water partition coefficient (Wildman–Crippen LogP) is 3.32. The number of hydrogen-bond donors (Lipinski definition) is 0. The van der Waals surface area contributed by atoms with Crippen molar-refractivity contribution >= 4 is 5.91 Å². The summed E-state index contributed by atoms with van der Waals surface area (Å²) < 4.78 is 4.31. The molecule has 0 aromatic carbocycles. The van der Waals surface area contributed by atoms with Gasteiger partial charge in [0.05, 0.1) is 24.3 Å². The highest BCUT2D eigenvalue weighted by molar-refractivity contribution is 5.96. The molecule has 1 saturated carbocycles. The van der Waals surface area contributed by atoms with Crippen LogP contribution < -0.4 is 0 Å². The van der Waals surface area contributed by atoms with Gasteiger partial charge in [-0.1, -0.05) is 0 Å². The van der Waals surface area contributed by atoms with E-state index in [1.165, 1.54) is 24.1 Å². The maximum absolute atomic E-state index is 13.2. The summed E-state index contributed by atoms with van der Waals surface area (Å²) in [5.74, 6) is 1.01. The number of aryl methyl sites for hydroxylation is 2. The number of carbonyl (C=O) groups excluding carboxylic acids is 1. The van der Waals surface area contributed by atoms with Gasteiger partial charge >= 0.3 is 0 Å². The Labute approximate surface area is 149 Å². The van der Waals surface area contributed by atoms with Crippen molar-refractivity contribution in [2.75, 3.05) is 6.54 Å². The number of carbonyl (C=O) groups is 1. The van der Waals surface area contributed by atoms with Crippen LogP contribution in [0.2, 0.25) is 0 Å². The summed E-state index contributed by atoms with van der Waals surface area (Å²) in [4.78, 5) is 15.3. The minimum atomic E-state index is 0.196. The van der Waals surface area contributed by atoms with Crippen LogP contribution in [-0.4, -0.2) is 37.7 Å². The van der Waals surface area contributed by atoms with Crippen molar-refractivity contribution in [3.63, 3.8) is 0 Å². The average Bonchev–Trinajstić information content (AvgIpc) is 3.01. The number of rotatable bonds is 5. The molecule has 2 aliphatic rings. The van der Waals surface area contributed by atoms with Crippen molar-refractivity contribution in [1.29, 1.82) is 0 Å². The molecule has 1 aliphatic heterocycles. The third kappa shape index (κ3) is 3.24. The standard InChI is InChI=1S/C20H28N4O/c1-14-10-21-22(11-14)13-18-5-4-8-23(18)20(25)19-9-15(2)24(16(19)3)12-17-6-7-17/h9-11,17-18H,4-8,12-13H2,1-3H3. The molecule has 5 heteroatoms. The number of hydrogen-bond acceptors (Lipinski definition) is 2. The maximum atomic E-state index is 13.2. The molecular weight excluding hydrogens is 312 g/mol. The zero-order valence-electron chi connectivity index (χ0n) is 15.5. The van der Waals surface area contributed by atoms with E-state index in [0.717, 1.165) is 49.7 Å². The summed E-state index contributed by atoms with van der Waals surface area (Å²) in [6.45, 7) is 9.00. The van der Waals surface area contributed by atoms with Crippen LogP contribution >= 0.6 is 0 Å². The monoisotopic (exact) mass is 340 g/mol. The van der Waals surface area contributed by atoms with E-state index < -0.39 is 0 Å². The van der Waals surface area contributed by atoms with Crippen molar-refractivity contribution in [3.8, 4) is 0 Å². The molecule has 1 saturated heterocycles. The molecule has 1 aliphatic carbocycles. The first-order valence-electron chi connectivity index (χ1n) is 9.49. The minimum Gasteiger partial charge on any atom is -0.348 e. The average molecular weight is 340 g/mol.